The van der Waals surface area contributed by atoms with E-state index in [1.165, 1.54) is 6.07 Å². The van der Waals surface area contributed by atoms with E-state index < -0.39 is 17.7 Å². The highest BCUT2D eigenvalue weighted by atomic mass is 35.5. The fourth-order valence-corrected chi connectivity index (χ4v) is 2.66. The number of aryl methyl sites for hydroxylation is 1. The van der Waals surface area contributed by atoms with E-state index in [1.807, 2.05) is 0 Å². The normalized spacial score (nSPS) is 12.2. The third-order valence-electron chi connectivity index (χ3n) is 3.37. The summed E-state index contributed by atoms with van der Waals surface area (Å²) in [5.74, 6) is -2.38. The summed E-state index contributed by atoms with van der Waals surface area (Å²) in [7, 11) is 0. The Labute approximate surface area is 132 Å². The zero-order chi connectivity index (χ0) is 15.6. The molecule has 1 atom stereocenters. The van der Waals surface area contributed by atoms with Crippen LogP contribution in [0.4, 0.5) is 4.39 Å². The van der Waals surface area contributed by atoms with Crippen molar-refractivity contribution in [1.29, 1.82) is 0 Å². The first-order chi connectivity index (χ1) is 9.90. The lowest BCUT2D eigenvalue weighted by Gasteiger charge is -2.15. The summed E-state index contributed by atoms with van der Waals surface area (Å²) in [5.41, 5.74) is 1.41. The predicted octanol–water partition coefficient (Wildman–Crippen LogP) is 4.85. The van der Waals surface area contributed by atoms with Crippen molar-refractivity contribution in [1.82, 2.24) is 0 Å². The molecule has 2 rings (SSSR count). The van der Waals surface area contributed by atoms with Gasteiger partial charge in [0.25, 0.3) is 0 Å². The summed E-state index contributed by atoms with van der Waals surface area (Å²) in [5, 5.41) is 10.2. The fourth-order valence-electron chi connectivity index (χ4n) is 2.11. The molecular formula is C16H13Cl2FO2. The van der Waals surface area contributed by atoms with Crippen molar-refractivity contribution in [2.75, 3.05) is 0 Å². The highest BCUT2D eigenvalue weighted by Crippen LogP contribution is 2.31. The Morgan fingerprint density at radius 1 is 1.24 bits per heavy atom. The Morgan fingerprint density at radius 3 is 2.38 bits per heavy atom. The van der Waals surface area contributed by atoms with E-state index in [9.17, 15) is 14.3 Å². The van der Waals surface area contributed by atoms with Gasteiger partial charge in [0.2, 0.25) is 0 Å². The number of aliphatic carboxylic acids is 1. The van der Waals surface area contributed by atoms with Crippen molar-refractivity contribution in [2.24, 2.45) is 0 Å². The molecule has 0 amide bonds. The molecule has 1 N–H and O–H groups in total. The lowest BCUT2D eigenvalue weighted by atomic mass is 9.91. The van der Waals surface area contributed by atoms with E-state index in [0.29, 0.717) is 26.7 Å². The molecule has 0 saturated carbocycles. The second-order valence-corrected chi connectivity index (χ2v) is 5.62. The summed E-state index contributed by atoms with van der Waals surface area (Å²) in [4.78, 5) is 11.5. The number of hydrogen-bond donors (Lipinski definition) is 1. The topological polar surface area (TPSA) is 37.3 Å². The van der Waals surface area contributed by atoms with Crippen molar-refractivity contribution in [3.05, 3.63) is 69.0 Å². The molecule has 0 saturated heterocycles. The Hall–Kier alpha value is -1.58. The molecular weight excluding hydrogens is 314 g/mol. The molecule has 0 heterocycles. The minimum Gasteiger partial charge on any atom is -0.481 e. The number of rotatable bonds is 4. The van der Waals surface area contributed by atoms with Crippen LogP contribution in [0, 0.1) is 12.7 Å². The van der Waals surface area contributed by atoms with E-state index in [-0.39, 0.29) is 6.42 Å². The van der Waals surface area contributed by atoms with Crippen LogP contribution in [0.1, 0.15) is 22.6 Å². The van der Waals surface area contributed by atoms with Crippen LogP contribution in [0.25, 0.3) is 0 Å². The van der Waals surface area contributed by atoms with Crippen molar-refractivity contribution >= 4 is 29.2 Å². The van der Waals surface area contributed by atoms with Gasteiger partial charge in [-0.15, -0.1) is 0 Å². The molecule has 2 nitrogen and oxygen atoms in total. The summed E-state index contributed by atoms with van der Waals surface area (Å²) < 4.78 is 13.7. The number of hydrogen-bond acceptors (Lipinski definition) is 1. The number of carboxylic acids is 1. The van der Waals surface area contributed by atoms with Crippen molar-refractivity contribution in [3.8, 4) is 0 Å². The number of halogens is 3. The second-order valence-electron chi connectivity index (χ2n) is 4.80. The van der Waals surface area contributed by atoms with Crippen molar-refractivity contribution in [2.45, 2.75) is 19.3 Å². The fraction of sp³-hybridized carbons (Fsp3) is 0.188. The molecule has 1 unspecified atom stereocenters. The van der Waals surface area contributed by atoms with E-state index in [4.69, 9.17) is 23.2 Å². The van der Waals surface area contributed by atoms with Gasteiger partial charge >= 0.3 is 5.97 Å². The lowest BCUT2D eigenvalue weighted by molar-refractivity contribution is -0.138. The summed E-state index contributed by atoms with van der Waals surface area (Å²) >= 11 is 12.1. The van der Waals surface area contributed by atoms with Gasteiger partial charge in [-0.05, 0) is 48.2 Å². The Morgan fingerprint density at radius 2 is 1.86 bits per heavy atom. The molecule has 21 heavy (non-hydrogen) atoms. The Bertz CT molecular complexity index is 666. The van der Waals surface area contributed by atoms with Gasteiger partial charge in [-0.1, -0.05) is 41.4 Å². The van der Waals surface area contributed by atoms with Crippen LogP contribution in [0.15, 0.2) is 36.4 Å². The van der Waals surface area contributed by atoms with Gasteiger partial charge in [-0.3, -0.25) is 4.79 Å². The van der Waals surface area contributed by atoms with Crippen LogP contribution in [-0.2, 0) is 11.2 Å². The molecule has 110 valence electrons. The third-order valence-corrected chi connectivity index (χ3v) is 4.07. The highest BCUT2D eigenvalue weighted by Gasteiger charge is 2.23. The summed E-state index contributed by atoms with van der Waals surface area (Å²) in [6, 6.07) is 9.42. The Kier molecular flexibility index (Phi) is 4.86. The van der Waals surface area contributed by atoms with Crippen LogP contribution in [0.3, 0.4) is 0 Å². The summed E-state index contributed by atoms with van der Waals surface area (Å²) in [6.07, 6.45) is 0.107. The van der Waals surface area contributed by atoms with E-state index in [2.05, 4.69) is 0 Å². The highest BCUT2D eigenvalue weighted by molar-refractivity contribution is 6.36. The van der Waals surface area contributed by atoms with E-state index in [1.54, 1.807) is 37.3 Å². The van der Waals surface area contributed by atoms with Crippen LogP contribution in [-0.4, -0.2) is 11.1 Å². The molecule has 2 aromatic rings. The molecule has 0 aromatic heterocycles. The molecule has 0 aliphatic carbocycles. The Balaban J connectivity index is 2.40. The van der Waals surface area contributed by atoms with Gasteiger partial charge < -0.3 is 5.11 Å². The van der Waals surface area contributed by atoms with Crippen molar-refractivity contribution in [3.63, 3.8) is 0 Å². The van der Waals surface area contributed by atoms with Crippen LogP contribution in [0.2, 0.25) is 10.0 Å². The molecule has 5 heteroatoms. The third kappa shape index (κ3) is 3.55. The average Bonchev–Trinajstić information content (AvgIpc) is 2.41. The number of carboxylic acid groups (broad SMARTS) is 1. The number of carbonyl (C=O) groups is 1. The smallest absolute Gasteiger partial charge is 0.311 e. The van der Waals surface area contributed by atoms with Crippen molar-refractivity contribution < 1.29 is 14.3 Å². The van der Waals surface area contributed by atoms with Gasteiger partial charge in [-0.2, -0.15) is 0 Å². The molecule has 0 aliphatic rings. The average molecular weight is 327 g/mol. The van der Waals surface area contributed by atoms with Gasteiger partial charge in [-0.25, -0.2) is 4.39 Å². The molecule has 0 spiro atoms. The first-order valence-electron chi connectivity index (χ1n) is 6.32. The maximum Gasteiger partial charge on any atom is 0.311 e. The van der Waals surface area contributed by atoms with Crippen LogP contribution >= 0.6 is 23.2 Å². The van der Waals surface area contributed by atoms with Gasteiger partial charge in [0.05, 0.1) is 5.92 Å². The lowest BCUT2D eigenvalue weighted by Crippen LogP contribution is -2.15. The first kappa shape index (κ1) is 15.8. The van der Waals surface area contributed by atoms with E-state index >= 15 is 0 Å². The van der Waals surface area contributed by atoms with Gasteiger partial charge in [0.15, 0.2) is 0 Å². The monoisotopic (exact) mass is 326 g/mol. The minimum absolute atomic E-state index is 0.107. The molecule has 2 aromatic carbocycles. The first-order valence-corrected chi connectivity index (χ1v) is 7.07. The maximum absolute atomic E-state index is 13.7. The quantitative estimate of drug-likeness (QED) is 0.871. The molecule has 0 aliphatic heterocycles. The standard InChI is InChI=1S/C16H13Cl2FO2/c1-9-5-6-10(7-15(9)19)11(16(20)21)8-12-13(17)3-2-4-14(12)18/h2-7,11H,8H2,1H3,(H,20,21). The minimum atomic E-state index is -1.05. The molecule has 0 bridgehead atoms. The van der Waals surface area contributed by atoms with Gasteiger partial charge in [0, 0.05) is 10.0 Å². The SMILES string of the molecule is Cc1ccc(C(Cc2c(Cl)cccc2Cl)C(=O)O)cc1F. The predicted molar refractivity (Wildman–Crippen MR) is 81.7 cm³/mol. The van der Waals surface area contributed by atoms with Gasteiger partial charge in [0.1, 0.15) is 5.82 Å². The summed E-state index contributed by atoms with van der Waals surface area (Å²) in [6.45, 7) is 1.62. The van der Waals surface area contributed by atoms with Crippen LogP contribution in [0.5, 0.6) is 0 Å². The largest absolute Gasteiger partial charge is 0.481 e. The zero-order valence-electron chi connectivity index (χ0n) is 11.2. The van der Waals surface area contributed by atoms with E-state index in [0.717, 1.165) is 0 Å². The number of benzene rings is 2. The molecule has 0 radical (unpaired) electrons. The molecule has 0 fully saturated rings. The van der Waals surface area contributed by atoms with Crippen LogP contribution < -0.4 is 0 Å². The second kappa shape index (κ2) is 6.46. The maximum atomic E-state index is 13.7. The zero-order valence-corrected chi connectivity index (χ0v) is 12.7.